The Morgan fingerprint density at radius 3 is 2.48 bits per heavy atom. The Labute approximate surface area is 167 Å². The third-order valence-corrected chi connectivity index (χ3v) is 4.50. The molecule has 6 heteroatoms. The summed E-state index contributed by atoms with van der Waals surface area (Å²) in [7, 11) is 0. The fourth-order valence-electron chi connectivity index (χ4n) is 3.02. The van der Waals surface area contributed by atoms with Crippen LogP contribution in [0.25, 0.3) is 10.9 Å². The first kappa shape index (κ1) is 18.4. The van der Waals surface area contributed by atoms with Gasteiger partial charge in [0.05, 0.1) is 22.2 Å². The predicted octanol–water partition coefficient (Wildman–Crippen LogP) is 4.58. The van der Waals surface area contributed by atoms with Crippen molar-refractivity contribution in [3.8, 4) is 0 Å². The van der Waals surface area contributed by atoms with Crippen molar-refractivity contribution in [1.29, 1.82) is 0 Å². The molecular weight excluding hydrogens is 366 g/mol. The molecule has 0 fully saturated rings. The molecule has 1 heterocycles. The van der Waals surface area contributed by atoms with Crippen LogP contribution in [0.15, 0.2) is 83.7 Å². The molecule has 6 nitrogen and oxygen atoms in total. The van der Waals surface area contributed by atoms with Crippen LogP contribution in [-0.2, 0) is 4.74 Å². The Morgan fingerprint density at radius 1 is 0.966 bits per heavy atom. The fourth-order valence-corrected chi connectivity index (χ4v) is 3.02. The molecule has 0 saturated carbocycles. The maximum atomic E-state index is 12.8. The summed E-state index contributed by atoms with van der Waals surface area (Å²) >= 11 is 0. The van der Waals surface area contributed by atoms with Gasteiger partial charge >= 0.3 is 5.97 Å². The van der Waals surface area contributed by atoms with Gasteiger partial charge in [-0.05, 0) is 43.3 Å². The van der Waals surface area contributed by atoms with Crippen molar-refractivity contribution in [2.45, 2.75) is 13.0 Å². The van der Waals surface area contributed by atoms with E-state index in [1.807, 2.05) is 42.5 Å². The first-order valence-corrected chi connectivity index (χ1v) is 9.23. The Hall–Kier alpha value is -3.93. The first-order valence-electron chi connectivity index (χ1n) is 9.23. The maximum Gasteiger partial charge on any atom is 0.340 e. The Morgan fingerprint density at radius 2 is 1.66 bits per heavy atom. The van der Waals surface area contributed by atoms with Gasteiger partial charge < -0.3 is 15.0 Å². The van der Waals surface area contributed by atoms with E-state index in [1.54, 1.807) is 43.3 Å². The van der Waals surface area contributed by atoms with E-state index < -0.39 is 12.1 Å². The summed E-state index contributed by atoms with van der Waals surface area (Å²) in [4.78, 5) is 32.2. The van der Waals surface area contributed by atoms with Gasteiger partial charge in [-0.2, -0.15) is 0 Å². The average Bonchev–Trinajstić information content (AvgIpc) is 2.75. The zero-order valence-corrected chi connectivity index (χ0v) is 15.8. The third kappa shape index (κ3) is 4.01. The van der Waals surface area contributed by atoms with Crippen LogP contribution in [0.1, 0.15) is 29.2 Å². The van der Waals surface area contributed by atoms with Crippen molar-refractivity contribution in [3.63, 3.8) is 0 Å². The number of hydrogen-bond donors (Lipinski definition) is 2. The molecule has 0 amide bonds. The van der Waals surface area contributed by atoms with E-state index in [1.165, 1.54) is 0 Å². The molecule has 0 spiro atoms. The molecule has 3 aromatic carbocycles. The topological polar surface area (TPSA) is 84.1 Å². The van der Waals surface area contributed by atoms with Crippen molar-refractivity contribution in [2.24, 2.45) is 0 Å². The van der Waals surface area contributed by atoms with E-state index in [9.17, 15) is 9.59 Å². The van der Waals surface area contributed by atoms with Crippen molar-refractivity contribution in [3.05, 3.63) is 101 Å². The van der Waals surface area contributed by atoms with Gasteiger partial charge in [-0.25, -0.2) is 9.78 Å². The number of esters is 1. The lowest BCUT2D eigenvalue weighted by Crippen LogP contribution is -2.18. The quantitative estimate of drug-likeness (QED) is 0.491. The minimum absolute atomic E-state index is 0.264. The van der Waals surface area contributed by atoms with Crippen LogP contribution in [0, 0.1) is 0 Å². The highest BCUT2D eigenvalue weighted by molar-refractivity contribution is 5.96. The van der Waals surface area contributed by atoms with E-state index in [2.05, 4.69) is 15.3 Å². The number of hydrogen-bond acceptors (Lipinski definition) is 5. The molecule has 0 bridgehead atoms. The van der Waals surface area contributed by atoms with Crippen LogP contribution in [-0.4, -0.2) is 15.9 Å². The molecule has 0 radical (unpaired) electrons. The van der Waals surface area contributed by atoms with E-state index >= 15 is 0 Å². The fraction of sp³-hybridized carbons (Fsp3) is 0.0870. The zero-order chi connectivity index (χ0) is 20.2. The minimum atomic E-state index is -0.718. The van der Waals surface area contributed by atoms with Crippen molar-refractivity contribution in [1.82, 2.24) is 9.97 Å². The molecule has 4 rings (SSSR count). The zero-order valence-electron chi connectivity index (χ0n) is 15.8. The molecular formula is C23H19N3O3. The normalized spacial score (nSPS) is 11.8. The number of fused-ring (bicyclic) bond motifs is 1. The number of carbonyl (C=O) groups excluding carboxylic acids is 1. The standard InChI is InChI=1S/C23H19N3O3/c1-15(21-25-19-13-7-5-11-17(19)22(27)26-21)29-23(28)18-12-6-8-14-20(18)24-16-9-3-2-4-10-16/h2-15,24H,1H3,(H,25,26,27). The molecule has 0 aliphatic carbocycles. The van der Waals surface area contributed by atoms with Gasteiger partial charge in [0, 0.05) is 5.69 Å². The molecule has 4 aromatic rings. The van der Waals surface area contributed by atoms with E-state index in [-0.39, 0.29) is 5.56 Å². The smallest absolute Gasteiger partial charge is 0.340 e. The average molecular weight is 385 g/mol. The van der Waals surface area contributed by atoms with Crippen LogP contribution in [0.2, 0.25) is 0 Å². The van der Waals surface area contributed by atoms with Crippen LogP contribution < -0.4 is 10.9 Å². The van der Waals surface area contributed by atoms with Gasteiger partial charge in [0.25, 0.3) is 5.56 Å². The molecule has 2 N–H and O–H groups in total. The highest BCUT2D eigenvalue weighted by Gasteiger charge is 2.19. The number of rotatable bonds is 5. The highest BCUT2D eigenvalue weighted by atomic mass is 16.5. The van der Waals surface area contributed by atoms with Crippen LogP contribution in [0.5, 0.6) is 0 Å². The molecule has 29 heavy (non-hydrogen) atoms. The number of aromatic amines is 1. The highest BCUT2D eigenvalue weighted by Crippen LogP contribution is 2.24. The van der Waals surface area contributed by atoms with Gasteiger partial charge in [0.15, 0.2) is 11.9 Å². The Bertz CT molecular complexity index is 1220. The molecule has 0 aliphatic rings. The molecule has 0 aliphatic heterocycles. The lowest BCUT2D eigenvalue weighted by molar-refractivity contribution is 0.0321. The number of aromatic nitrogens is 2. The van der Waals surface area contributed by atoms with Crippen molar-refractivity contribution in [2.75, 3.05) is 5.32 Å². The largest absolute Gasteiger partial charge is 0.451 e. The van der Waals surface area contributed by atoms with Gasteiger partial charge in [0.1, 0.15) is 0 Å². The van der Waals surface area contributed by atoms with E-state index in [4.69, 9.17) is 4.74 Å². The summed E-state index contributed by atoms with van der Waals surface area (Å²) in [5, 5.41) is 3.72. The number of anilines is 2. The van der Waals surface area contributed by atoms with Crippen molar-refractivity contribution >= 4 is 28.2 Å². The Kier molecular flexibility index (Phi) is 5.07. The summed E-state index contributed by atoms with van der Waals surface area (Å²) in [6.07, 6.45) is -0.718. The van der Waals surface area contributed by atoms with Crippen LogP contribution >= 0.6 is 0 Å². The Balaban J connectivity index is 1.58. The molecule has 1 atom stereocenters. The number of nitrogens with zero attached hydrogens (tertiary/aromatic N) is 1. The second kappa shape index (κ2) is 7.98. The second-order valence-corrected chi connectivity index (χ2v) is 6.55. The number of ether oxygens (including phenoxy) is 1. The molecule has 1 aromatic heterocycles. The first-order chi connectivity index (χ1) is 14.1. The van der Waals surface area contributed by atoms with Gasteiger partial charge in [-0.15, -0.1) is 0 Å². The summed E-state index contributed by atoms with van der Waals surface area (Å²) in [6.45, 7) is 1.68. The van der Waals surface area contributed by atoms with Gasteiger partial charge in [-0.1, -0.05) is 42.5 Å². The lowest BCUT2D eigenvalue weighted by atomic mass is 10.1. The summed E-state index contributed by atoms with van der Waals surface area (Å²) in [5.74, 6) is -0.206. The van der Waals surface area contributed by atoms with Gasteiger partial charge in [0.2, 0.25) is 0 Å². The number of benzene rings is 3. The molecule has 144 valence electrons. The lowest BCUT2D eigenvalue weighted by Gasteiger charge is -2.15. The van der Waals surface area contributed by atoms with Gasteiger partial charge in [-0.3, -0.25) is 4.79 Å². The SMILES string of the molecule is CC(OC(=O)c1ccccc1Nc1ccccc1)c1nc2ccccc2c(=O)[nH]1. The number of para-hydroxylation sites is 3. The number of carbonyl (C=O) groups is 1. The third-order valence-electron chi connectivity index (χ3n) is 4.50. The maximum absolute atomic E-state index is 12.8. The number of nitrogens with one attached hydrogen (secondary N) is 2. The molecule has 1 unspecified atom stereocenters. The number of H-pyrrole nitrogens is 1. The van der Waals surface area contributed by atoms with Crippen LogP contribution in [0.4, 0.5) is 11.4 Å². The predicted molar refractivity (Wildman–Crippen MR) is 112 cm³/mol. The monoisotopic (exact) mass is 385 g/mol. The summed E-state index contributed by atoms with van der Waals surface area (Å²) in [6, 6.07) is 23.7. The second-order valence-electron chi connectivity index (χ2n) is 6.55. The van der Waals surface area contributed by atoms with Crippen molar-refractivity contribution < 1.29 is 9.53 Å². The molecule has 0 saturated heterocycles. The minimum Gasteiger partial charge on any atom is -0.451 e. The van der Waals surface area contributed by atoms with E-state index in [0.29, 0.717) is 28.0 Å². The van der Waals surface area contributed by atoms with Crippen LogP contribution in [0.3, 0.4) is 0 Å². The van der Waals surface area contributed by atoms with E-state index in [0.717, 1.165) is 5.69 Å². The summed E-state index contributed by atoms with van der Waals surface area (Å²) < 4.78 is 5.59. The summed E-state index contributed by atoms with van der Waals surface area (Å²) in [5.41, 5.74) is 2.18.